The number of aromatic nitrogens is 3. The number of carbonyl (C=O) groups excluding carboxylic acids is 1. The average Bonchev–Trinajstić information content (AvgIpc) is 2.74. The second-order valence-electron chi connectivity index (χ2n) is 6.61. The Labute approximate surface area is 173 Å². The number of hydrogen-bond acceptors (Lipinski definition) is 8. The minimum Gasteiger partial charge on any atom is -0.530 e. The Morgan fingerprint density at radius 2 is 1.87 bits per heavy atom. The Morgan fingerprint density at radius 3 is 2.53 bits per heavy atom. The highest BCUT2D eigenvalue weighted by Crippen LogP contribution is 2.32. The number of piperazine rings is 1. The lowest BCUT2D eigenvalue weighted by Gasteiger charge is -2.37. The van der Waals surface area contributed by atoms with E-state index >= 15 is 0 Å². The van der Waals surface area contributed by atoms with Gasteiger partial charge < -0.3 is 19.7 Å². The van der Waals surface area contributed by atoms with Crippen molar-refractivity contribution in [2.75, 3.05) is 31.1 Å². The van der Waals surface area contributed by atoms with Crippen molar-refractivity contribution >= 4 is 40.1 Å². The molecule has 11 nitrogen and oxygen atoms in total. The van der Waals surface area contributed by atoms with Gasteiger partial charge in [-0.25, -0.2) is 9.97 Å². The van der Waals surface area contributed by atoms with E-state index in [9.17, 15) is 24.8 Å². The van der Waals surface area contributed by atoms with Crippen molar-refractivity contribution in [3.8, 4) is 5.69 Å². The lowest BCUT2D eigenvalue weighted by atomic mass is 10.1. The van der Waals surface area contributed by atoms with Crippen molar-refractivity contribution in [3.05, 3.63) is 62.3 Å². The van der Waals surface area contributed by atoms with E-state index in [4.69, 9.17) is 11.6 Å². The number of carboxylic acid groups (broad SMARTS) is 1. The van der Waals surface area contributed by atoms with Crippen LogP contribution in [0, 0.1) is 10.1 Å². The topological polar surface area (TPSA) is 138 Å². The summed E-state index contributed by atoms with van der Waals surface area (Å²) in [5.74, 6) is 0.450. The van der Waals surface area contributed by atoms with Gasteiger partial charge in [0.05, 0.1) is 15.5 Å². The number of amides is 1. The lowest BCUT2D eigenvalue weighted by molar-refractivity contribution is -0.384. The molecule has 0 N–H and O–H groups in total. The van der Waals surface area contributed by atoms with Crippen molar-refractivity contribution in [1.82, 2.24) is 19.4 Å². The van der Waals surface area contributed by atoms with Gasteiger partial charge in [0.15, 0.2) is 0 Å². The van der Waals surface area contributed by atoms with Crippen molar-refractivity contribution in [3.63, 3.8) is 0 Å². The van der Waals surface area contributed by atoms with Crippen LogP contribution in [-0.4, -0.2) is 56.6 Å². The minimum atomic E-state index is -1.24. The van der Waals surface area contributed by atoms with E-state index in [0.717, 1.165) is 4.57 Å². The van der Waals surface area contributed by atoms with E-state index < -0.39 is 16.6 Å². The van der Waals surface area contributed by atoms with E-state index in [2.05, 4.69) is 9.97 Å². The third-order valence-corrected chi connectivity index (χ3v) is 5.10. The summed E-state index contributed by atoms with van der Waals surface area (Å²) in [6.45, 7) is 1.16. The highest BCUT2D eigenvalue weighted by molar-refractivity contribution is 6.30. The number of hydrogen-bond donors (Lipinski definition) is 0. The normalized spacial score (nSPS) is 14.2. The van der Waals surface area contributed by atoms with Crippen LogP contribution in [0.15, 0.2) is 41.6 Å². The molecule has 0 radical (unpaired) electrons. The van der Waals surface area contributed by atoms with Gasteiger partial charge >= 0.3 is 0 Å². The molecule has 3 heterocycles. The third-order valence-electron chi connectivity index (χ3n) is 4.88. The first-order valence-electron chi connectivity index (χ1n) is 8.88. The van der Waals surface area contributed by atoms with Gasteiger partial charge in [0.25, 0.3) is 11.2 Å². The summed E-state index contributed by atoms with van der Waals surface area (Å²) in [5, 5.41) is 23.4. The molecule has 0 aliphatic carbocycles. The molecule has 30 heavy (non-hydrogen) atoms. The van der Waals surface area contributed by atoms with Gasteiger partial charge in [0.2, 0.25) is 0 Å². The van der Waals surface area contributed by atoms with Crippen LogP contribution in [0.5, 0.6) is 0 Å². The SMILES string of the molecule is O=C([O-])N1CCN(c2ncnc3cc(-n4cc(Cl)ccc4=O)c([N+](=O)[O-])cc23)CC1. The first kappa shape index (κ1) is 19.6. The predicted molar refractivity (Wildman–Crippen MR) is 106 cm³/mol. The number of rotatable bonds is 3. The second-order valence-corrected chi connectivity index (χ2v) is 7.04. The summed E-state index contributed by atoms with van der Waals surface area (Å²) in [6, 6.07) is 5.38. The maximum atomic E-state index is 12.3. The van der Waals surface area contributed by atoms with Gasteiger partial charge in [-0.15, -0.1) is 0 Å². The monoisotopic (exact) mass is 429 g/mol. The molecule has 1 saturated heterocycles. The van der Waals surface area contributed by atoms with Gasteiger partial charge in [0, 0.05) is 49.9 Å². The van der Waals surface area contributed by atoms with E-state index in [1.807, 2.05) is 4.90 Å². The van der Waals surface area contributed by atoms with Crippen LogP contribution in [-0.2, 0) is 0 Å². The van der Waals surface area contributed by atoms with Gasteiger partial charge in [-0.1, -0.05) is 11.6 Å². The van der Waals surface area contributed by atoms with Gasteiger partial charge in [-0.3, -0.25) is 19.5 Å². The second kappa shape index (κ2) is 7.59. The smallest absolute Gasteiger partial charge is 0.294 e. The molecule has 1 aromatic carbocycles. The molecule has 0 saturated carbocycles. The van der Waals surface area contributed by atoms with E-state index in [1.165, 1.54) is 41.7 Å². The molecule has 1 fully saturated rings. The highest BCUT2D eigenvalue weighted by Gasteiger charge is 2.24. The van der Waals surface area contributed by atoms with Crippen molar-refractivity contribution in [2.24, 2.45) is 0 Å². The Kier molecular flexibility index (Phi) is 4.96. The Balaban J connectivity index is 1.84. The molecule has 0 spiro atoms. The first-order valence-corrected chi connectivity index (χ1v) is 9.25. The van der Waals surface area contributed by atoms with E-state index in [-0.39, 0.29) is 29.5 Å². The fourth-order valence-corrected chi connectivity index (χ4v) is 3.57. The highest BCUT2D eigenvalue weighted by atomic mass is 35.5. The summed E-state index contributed by atoms with van der Waals surface area (Å²) in [6.07, 6.45) is 1.38. The number of nitro benzene ring substituents is 1. The van der Waals surface area contributed by atoms with Gasteiger partial charge in [-0.05, 0) is 12.1 Å². The fourth-order valence-electron chi connectivity index (χ4n) is 3.41. The molecule has 1 aliphatic rings. The summed E-state index contributed by atoms with van der Waals surface area (Å²) >= 11 is 5.97. The molecule has 2 aromatic heterocycles. The molecular weight excluding hydrogens is 416 g/mol. The number of carbonyl (C=O) groups is 1. The Hall–Kier alpha value is -3.73. The van der Waals surface area contributed by atoms with Crippen LogP contribution < -0.4 is 15.6 Å². The lowest BCUT2D eigenvalue weighted by Crippen LogP contribution is -2.52. The maximum Gasteiger partial charge on any atom is 0.294 e. The number of halogens is 1. The maximum absolute atomic E-state index is 12.3. The largest absolute Gasteiger partial charge is 0.530 e. The van der Waals surface area contributed by atoms with E-state index in [1.54, 1.807) is 0 Å². The third kappa shape index (κ3) is 3.50. The van der Waals surface area contributed by atoms with E-state index in [0.29, 0.717) is 29.8 Å². The van der Waals surface area contributed by atoms with Crippen LogP contribution in [0.2, 0.25) is 5.02 Å². The van der Waals surface area contributed by atoms with Crippen LogP contribution >= 0.6 is 11.6 Å². The number of benzene rings is 1. The predicted octanol–water partition coefficient (Wildman–Crippen LogP) is 0.808. The number of nitro groups is 1. The quantitative estimate of drug-likeness (QED) is 0.440. The molecule has 3 aromatic rings. The number of nitrogens with zero attached hydrogens (tertiary/aromatic N) is 6. The molecule has 154 valence electrons. The van der Waals surface area contributed by atoms with Crippen molar-refractivity contribution < 1.29 is 14.8 Å². The first-order chi connectivity index (χ1) is 14.3. The molecule has 12 heteroatoms. The van der Waals surface area contributed by atoms with Gasteiger partial charge in [-0.2, -0.15) is 0 Å². The fraction of sp³-hybridized carbons (Fsp3) is 0.222. The number of pyridine rings is 1. The number of fused-ring (bicyclic) bond motifs is 1. The summed E-state index contributed by atoms with van der Waals surface area (Å²) in [7, 11) is 0. The summed E-state index contributed by atoms with van der Waals surface area (Å²) in [5.41, 5.74) is -0.355. The molecule has 4 rings (SSSR count). The van der Waals surface area contributed by atoms with Crippen molar-refractivity contribution in [1.29, 1.82) is 0 Å². The zero-order chi connectivity index (χ0) is 21.4. The zero-order valence-corrected chi connectivity index (χ0v) is 16.2. The minimum absolute atomic E-state index is 0.0337. The van der Waals surface area contributed by atoms with Crippen molar-refractivity contribution in [2.45, 2.75) is 0 Å². The van der Waals surface area contributed by atoms with Gasteiger partial charge in [0.1, 0.15) is 23.9 Å². The summed E-state index contributed by atoms with van der Waals surface area (Å²) < 4.78 is 1.10. The molecule has 0 bridgehead atoms. The number of anilines is 1. The average molecular weight is 430 g/mol. The zero-order valence-electron chi connectivity index (χ0n) is 15.4. The van der Waals surface area contributed by atoms with Crippen LogP contribution in [0.3, 0.4) is 0 Å². The van der Waals surface area contributed by atoms with Crippen LogP contribution in [0.1, 0.15) is 0 Å². The molecule has 0 unspecified atom stereocenters. The Morgan fingerprint density at radius 1 is 1.13 bits per heavy atom. The van der Waals surface area contributed by atoms with Crippen LogP contribution in [0.25, 0.3) is 16.6 Å². The molecule has 1 aliphatic heterocycles. The standard InChI is InChI=1S/C18H15ClN6O5/c19-11-1-2-16(26)24(9-11)14-8-13-12(7-15(14)25(29)30)17(21-10-20-13)22-3-5-23(6-4-22)18(27)28/h1-2,7-10H,3-6H2,(H,27,28)/p-1. The van der Waals surface area contributed by atoms with Crippen LogP contribution in [0.4, 0.5) is 16.3 Å². The Bertz CT molecular complexity index is 1220. The molecule has 1 amide bonds. The molecule has 0 atom stereocenters. The molecular formula is C18H14ClN6O5-. The summed E-state index contributed by atoms with van der Waals surface area (Å²) in [4.78, 5) is 45.9.